The molecular weight excluding hydrogens is 380 g/mol. The summed E-state index contributed by atoms with van der Waals surface area (Å²) in [4.78, 5) is 28.1. The molecule has 1 aromatic heterocycles. The number of anilines is 1. The minimum absolute atomic E-state index is 0.0240. The molecule has 1 aliphatic rings. The van der Waals surface area contributed by atoms with Crippen molar-refractivity contribution in [2.45, 2.75) is 0 Å². The van der Waals surface area contributed by atoms with Crippen molar-refractivity contribution in [3.05, 3.63) is 89.7 Å². The number of aliphatic imine (C=N–C) groups is 1. The van der Waals surface area contributed by atoms with E-state index in [1.54, 1.807) is 6.07 Å². The number of carboxylic acid groups (broad SMARTS) is 1. The smallest absolute Gasteiger partial charge is 0.335 e. The fraction of sp³-hybridized carbons (Fsp3) is 0.0417. The first-order valence-electron chi connectivity index (χ1n) is 9.40. The van der Waals surface area contributed by atoms with Crippen molar-refractivity contribution in [1.82, 2.24) is 0 Å². The van der Waals surface area contributed by atoms with Gasteiger partial charge in [-0.2, -0.15) is 0 Å². The molecule has 0 unspecified atom stereocenters. The fourth-order valence-electron chi connectivity index (χ4n) is 3.62. The molecule has 6 heteroatoms. The van der Waals surface area contributed by atoms with Gasteiger partial charge in [-0.05, 0) is 35.4 Å². The number of aromatic carboxylic acids is 1. The average Bonchev–Trinajstić information content (AvgIpc) is 3.03. The fourth-order valence-corrected chi connectivity index (χ4v) is 3.62. The zero-order valence-corrected chi connectivity index (χ0v) is 15.8. The maximum absolute atomic E-state index is 12.3. The Balaban J connectivity index is 1.68. The van der Waals surface area contributed by atoms with Gasteiger partial charge in [-0.3, -0.25) is 9.79 Å². The van der Waals surface area contributed by atoms with Crippen molar-refractivity contribution in [3.8, 4) is 11.1 Å². The van der Waals surface area contributed by atoms with Crippen LogP contribution in [0.15, 0.2) is 82.2 Å². The van der Waals surface area contributed by atoms with E-state index < -0.39 is 5.97 Å². The molecule has 0 aliphatic carbocycles. The van der Waals surface area contributed by atoms with Crippen molar-refractivity contribution in [2.75, 3.05) is 11.9 Å². The number of fused-ring (bicyclic) bond motifs is 3. The lowest BCUT2D eigenvalue weighted by Crippen LogP contribution is -2.13. The van der Waals surface area contributed by atoms with Crippen LogP contribution in [0.2, 0.25) is 0 Å². The van der Waals surface area contributed by atoms with E-state index in [9.17, 15) is 14.7 Å². The molecule has 5 rings (SSSR count). The van der Waals surface area contributed by atoms with Gasteiger partial charge in [0.05, 0.1) is 11.3 Å². The van der Waals surface area contributed by atoms with Gasteiger partial charge in [-0.25, -0.2) is 4.79 Å². The normalized spacial score (nSPS) is 13.3. The first kappa shape index (κ1) is 17.9. The van der Waals surface area contributed by atoms with Gasteiger partial charge < -0.3 is 14.8 Å². The van der Waals surface area contributed by atoms with Crippen LogP contribution in [0.1, 0.15) is 21.7 Å². The monoisotopic (exact) mass is 396 g/mol. The summed E-state index contributed by atoms with van der Waals surface area (Å²) in [6.07, 6.45) is 0. The first-order chi connectivity index (χ1) is 14.6. The summed E-state index contributed by atoms with van der Waals surface area (Å²) in [5.74, 6) is -0.879. The van der Waals surface area contributed by atoms with Gasteiger partial charge in [0.1, 0.15) is 17.8 Å². The predicted molar refractivity (Wildman–Crippen MR) is 114 cm³/mol. The van der Waals surface area contributed by atoms with Crippen molar-refractivity contribution < 1.29 is 19.1 Å². The second-order valence-electron chi connectivity index (χ2n) is 6.98. The standard InChI is InChI=1S/C24H16N2O4/c27-20-13-25-21(16-8-4-7-15(11-16)14-5-2-1-3-6-14)23-22(26-20)18-10-9-17(24(28)29)12-19(18)30-23/h1-12H,13H2,(H,26,27)(H,28,29). The molecule has 0 spiro atoms. The maximum Gasteiger partial charge on any atom is 0.335 e. The van der Waals surface area contributed by atoms with E-state index >= 15 is 0 Å². The topological polar surface area (TPSA) is 91.9 Å². The zero-order valence-electron chi connectivity index (χ0n) is 15.8. The lowest BCUT2D eigenvalue weighted by molar-refractivity contribution is -0.114. The van der Waals surface area contributed by atoms with Crippen LogP contribution in [0, 0.1) is 0 Å². The summed E-state index contributed by atoms with van der Waals surface area (Å²) >= 11 is 0. The highest BCUT2D eigenvalue weighted by molar-refractivity contribution is 6.22. The van der Waals surface area contributed by atoms with Gasteiger partial charge in [-0.1, -0.05) is 48.5 Å². The number of hydrogen-bond donors (Lipinski definition) is 2. The number of furan rings is 1. The Morgan fingerprint density at radius 1 is 0.933 bits per heavy atom. The number of carbonyl (C=O) groups excluding carboxylic acids is 1. The summed E-state index contributed by atoms with van der Waals surface area (Å²) in [6.45, 7) is -0.0240. The first-order valence-corrected chi connectivity index (χ1v) is 9.40. The Morgan fingerprint density at radius 2 is 1.70 bits per heavy atom. The van der Waals surface area contributed by atoms with Crippen LogP contribution in [0.5, 0.6) is 0 Å². The number of amides is 1. The Morgan fingerprint density at radius 3 is 2.50 bits per heavy atom. The molecule has 30 heavy (non-hydrogen) atoms. The van der Waals surface area contributed by atoms with Crippen molar-refractivity contribution in [3.63, 3.8) is 0 Å². The number of carboxylic acids is 1. The minimum atomic E-state index is -1.04. The molecule has 146 valence electrons. The molecule has 0 fully saturated rings. The van der Waals surface area contributed by atoms with Gasteiger partial charge in [0.2, 0.25) is 5.91 Å². The number of benzene rings is 3. The summed E-state index contributed by atoms with van der Waals surface area (Å²) in [5.41, 5.74) is 4.45. The number of rotatable bonds is 3. The van der Waals surface area contributed by atoms with Crippen LogP contribution in [-0.2, 0) is 4.79 Å². The van der Waals surface area contributed by atoms with E-state index in [1.165, 1.54) is 12.1 Å². The average molecular weight is 396 g/mol. The predicted octanol–water partition coefficient (Wildman–Crippen LogP) is 4.59. The summed E-state index contributed by atoms with van der Waals surface area (Å²) in [6, 6.07) is 22.4. The van der Waals surface area contributed by atoms with Crippen molar-refractivity contribution in [2.24, 2.45) is 4.99 Å². The number of hydrogen-bond acceptors (Lipinski definition) is 4. The van der Waals surface area contributed by atoms with E-state index in [2.05, 4.69) is 10.3 Å². The Bertz CT molecular complexity index is 1340. The molecule has 0 bridgehead atoms. The highest BCUT2D eigenvalue weighted by Crippen LogP contribution is 2.35. The number of carbonyl (C=O) groups is 2. The van der Waals surface area contributed by atoms with Gasteiger partial charge in [-0.15, -0.1) is 0 Å². The lowest BCUT2D eigenvalue weighted by Gasteiger charge is -2.07. The molecule has 2 N–H and O–H groups in total. The van der Waals surface area contributed by atoms with Crippen molar-refractivity contribution >= 4 is 34.2 Å². The largest absolute Gasteiger partial charge is 0.478 e. The van der Waals surface area contributed by atoms with Crippen molar-refractivity contribution in [1.29, 1.82) is 0 Å². The van der Waals surface area contributed by atoms with Crippen LogP contribution in [0.25, 0.3) is 22.1 Å². The minimum Gasteiger partial charge on any atom is -0.478 e. The van der Waals surface area contributed by atoms with Crippen LogP contribution in [0.3, 0.4) is 0 Å². The highest BCUT2D eigenvalue weighted by atomic mass is 16.4. The molecule has 0 saturated heterocycles. The summed E-state index contributed by atoms with van der Waals surface area (Å²) in [5, 5.41) is 12.7. The van der Waals surface area contributed by atoms with Crippen LogP contribution < -0.4 is 5.32 Å². The molecule has 4 aromatic rings. The quantitative estimate of drug-likeness (QED) is 0.530. The molecule has 1 amide bonds. The number of nitrogens with one attached hydrogen (secondary N) is 1. The third-order valence-corrected chi connectivity index (χ3v) is 5.04. The third-order valence-electron chi connectivity index (χ3n) is 5.04. The molecule has 2 heterocycles. The van der Waals surface area contributed by atoms with Crippen LogP contribution >= 0.6 is 0 Å². The molecular formula is C24H16N2O4. The van der Waals surface area contributed by atoms with Gasteiger partial charge in [0, 0.05) is 10.9 Å². The second-order valence-corrected chi connectivity index (χ2v) is 6.98. The van der Waals surface area contributed by atoms with Gasteiger partial charge >= 0.3 is 5.97 Å². The van der Waals surface area contributed by atoms with Crippen LogP contribution in [-0.4, -0.2) is 29.2 Å². The highest BCUT2D eigenvalue weighted by Gasteiger charge is 2.25. The summed E-state index contributed by atoms with van der Waals surface area (Å²) < 4.78 is 6.01. The second kappa shape index (κ2) is 7.00. The molecule has 0 atom stereocenters. The Kier molecular flexibility index (Phi) is 4.17. The molecule has 1 aliphatic heterocycles. The number of nitrogens with zero attached hydrogens (tertiary/aromatic N) is 1. The third kappa shape index (κ3) is 3.04. The Labute approximate surface area is 171 Å². The van der Waals surface area contributed by atoms with E-state index in [0.717, 1.165) is 16.7 Å². The Hall–Kier alpha value is -4.19. The van der Waals surface area contributed by atoms with Crippen LogP contribution in [0.4, 0.5) is 5.69 Å². The molecule has 6 nitrogen and oxygen atoms in total. The molecule has 0 radical (unpaired) electrons. The lowest BCUT2D eigenvalue weighted by atomic mass is 9.99. The zero-order chi connectivity index (χ0) is 20.7. The summed E-state index contributed by atoms with van der Waals surface area (Å²) in [7, 11) is 0. The molecule has 0 saturated carbocycles. The van der Waals surface area contributed by atoms with Gasteiger partial charge in [0.25, 0.3) is 0 Å². The van der Waals surface area contributed by atoms with Gasteiger partial charge in [0.15, 0.2) is 5.76 Å². The van der Waals surface area contributed by atoms with E-state index in [-0.39, 0.29) is 18.0 Å². The maximum atomic E-state index is 12.3. The van der Waals surface area contributed by atoms with E-state index in [4.69, 9.17) is 4.42 Å². The SMILES string of the molecule is O=C1CN=C(c2cccc(-c3ccccc3)c2)c2oc3cc(C(=O)O)ccc3c2N1. The van der Waals surface area contributed by atoms with E-state index in [0.29, 0.717) is 28.1 Å². The van der Waals surface area contributed by atoms with E-state index in [1.807, 2.05) is 54.6 Å². The molecule has 3 aromatic carbocycles.